The Kier molecular flexibility index (Phi) is 4.56. The molecule has 2 heteroatoms. The summed E-state index contributed by atoms with van der Waals surface area (Å²) in [6.45, 7) is 6.23. The van der Waals surface area contributed by atoms with Crippen LogP contribution >= 0.6 is 15.9 Å². The molecule has 2 aromatic carbocycles. The van der Waals surface area contributed by atoms with E-state index >= 15 is 0 Å². The highest BCUT2D eigenvalue weighted by Gasteiger charge is 2.04. The maximum absolute atomic E-state index is 12.2. The minimum absolute atomic E-state index is 0.0191. The summed E-state index contributed by atoms with van der Waals surface area (Å²) in [6.07, 6.45) is 3.56. The van der Waals surface area contributed by atoms with Crippen molar-refractivity contribution in [2.75, 3.05) is 0 Å². The van der Waals surface area contributed by atoms with Crippen molar-refractivity contribution in [2.45, 2.75) is 20.8 Å². The Bertz CT molecular complexity index is 661. The first-order valence-electron chi connectivity index (χ1n) is 6.53. The van der Waals surface area contributed by atoms with Crippen molar-refractivity contribution in [1.82, 2.24) is 0 Å². The van der Waals surface area contributed by atoms with Gasteiger partial charge in [-0.3, -0.25) is 4.79 Å². The molecule has 1 nitrogen and oxygen atoms in total. The predicted molar refractivity (Wildman–Crippen MR) is 88.2 cm³/mol. The highest BCUT2D eigenvalue weighted by atomic mass is 79.9. The van der Waals surface area contributed by atoms with Crippen LogP contribution in [0.3, 0.4) is 0 Å². The zero-order valence-corrected chi connectivity index (χ0v) is 13.5. The van der Waals surface area contributed by atoms with Crippen molar-refractivity contribution in [3.8, 4) is 0 Å². The molecule has 0 aliphatic carbocycles. The maximum Gasteiger partial charge on any atom is 0.185 e. The number of rotatable bonds is 3. The summed E-state index contributed by atoms with van der Waals surface area (Å²) >= 11 is 3.38. The van der Waals surface area contributed by atoms with Crippen LogP contribution in [0.15, 0.2) is 46.9 Å². The Labute approximate surface area is 128 Å². The maximum atomic E-state index is 12.2. The highest BCUT2D eigenvalue weighted by Crippen LogP contribution is 2.19. The third-order valence-corrected chi connectivity index (χ3v) is 3.74. The van der Waals surface area contributed by atoms with E-state index in [1.807, 2.05) is 30.3 Å². The van der Waals surface area contributed by atoms with Crippen molar-refractivity contribution in [3.05, 3.63) is 74.8 Å². The van der Waals surface area contributed by atoms with E-state index in [-0.39, 0.29) is 5.78 Å². The smallest absolute Gasteiger partial charge is 0.185 e. The molecular formula is C18H17BrO. The molecule has 20 heavy (non-hydrogen) atoms. The van der Waals surface area contributed by atoms with E-state index in [0.29, 0.717) is 5.56 Å². The van der Waals surface area contributed by atoms with Crippen LogP contribution in [0.1, 0.15) is 32.6 Å². The largest absolute Gasteiger partial charge is 0.289 e. The van der Waals surface area contributed by atoms with Crippen molar-refractivity contribution >= 4 is 27.8 Å². The molecule has 0 fully saturated rings. The Hall–Kier alpha value is -1.67. The molecule has 0 spiro atoms. The zero-order chi connectivity index (χ0) is 14.7. The van der Waals surface area contributed by atoms with Crippen LogP contribution in [-0.2, 0) is 0 Å². The van der Waals surface area contributed by atoms with Gasteiger partial charge in [-0.05, 0) is 55.7 Å². The summed E-state index contributed by atoms with van der Waals surface area (Å²) in [5.74, 6) is 0.0191. The molecule has 102 valence electrons. The Morgan fingerprint density at radius 2 is 1.70 bits per heavy atom. The monoisotopic (exact) mass is 328 g/mol. The standard InChI is InChI=1S/C18H17BrO/c1-12-9-13(2)17(14(3)10-12)7-8-18(20)15-5-4-6-16(19)11-15/h4-11H,1-3H3/b8-7+. The third kappa shape index (κ3) is 3.45. The lowest BCUT2D eigenvalue weighted by molar-refractivity contribution is 0.104. The van der Waals surface area contributed by atoms with Gasteiger partial charge in [0.25, 0.3) is 0 Å². The van der Waals surface area contributed by atoms with Crippen LogP contribution in [0.2, 0.25) is 0 Å². The molecule has 2 aromatic rings. The SMILES string of the molecule is Cc1cc(C)c(/C=C/C(=O)c2cccc(Br)c2)c(C)c1. The molecule has 0 heterocycles. The van der Waals surface area contributed by atoms with Gasteiger partial charge in [0, 0.05) is 10.0 Å². The van der Waals surface area contributed by atoms with E-state index in [1.54, 1.807) is 6.08 Å². The average molecular weight is 329 g/mol. The summed E-state index contributed by atoms with van der Waals surface area (Å²) in [5.41, 5.74) is 5.45. The summed E-state index contributed by atoms with van der Waals surface area (Å²) in [5, 5.41) is 0. The molecule has 0 aliphatic heterocycles. The normalized spacial score (nSPS) is 11.0. The van der Waals surface area contributed by atoms with Crippen LogP contribution < -0.4 is 0 Å². The second kappa shape index (κ2) is 6.19. The third-order valence-electron chi connectivity index (χ3n) is 3.25. The average Bonchev–Trinajstić information content (AvgIpc) is 2.37. The fourth-order valence-corrected chi connectivity index (χ4v) is 2.75. The van der Waals surface area contributed by atoms with E-state index in [1.165, 1.54) is 16.7 Å². The van der Waals surface area contributed by atoms with Crippen LogP contribution in [0.5, 0.6) is 0 Å². The molecule has 0 saturated carbocycles. The number of carbonyl (C=O) groups is 1. The lowest BCUT2D eigenvalue weighted by atomic mass is 9.99. The number of halogens is 1. The van der Waals surface area contributed by atoms with E-state index in [9.17, 15) is 4.79 Å². The lowest BCUT2D eigenvalue weighted by Crippen LogP contribution is -1.95. The first-order chi connectivity index (χ1) is 9.47. The molecule has 0 N–H and O–H groups in total. The Morgan fingerprint density at radius 1 is 1.05 bits per heavy atom. The van der Waals surface area contributed by atoms with E-state index in [4.69, 9.17) is 0 Å². The van der Waals surface area contributed by atoms with Crippen LogP contribution in [0, 0.1) is 20.8 Å². The van der Waals surface area contributed by atoms with Gasteiger partial charge >= 0.3 is 0 Å². The molecule has 0 saturated heterocycles. The van der Waals surface area contributed by atoms with Gasteiger partial charge in [-0.25, -0.2) is 0 Å². The van der Waals surface area contributed by atoms with Gasteiger partial charge in [-0.2, -0.15) is 0 Å². The quantitative estimate of drug-likeness (QED) is 0.554. The molecule has 0 atom stereocenters. The number of aryl methyl sites for hydroxylation is 3. The molecule has 0 aliphatic rings. The van der Waals surface area contributed by atoms with Crippen LogP contribution in [0.4, 0.5) is 0 Å². The molecule has 0 aromatic heterocycles. The van der Waals surface area contributed by atoms with Crippen molar-refractivity contribution in [3.63, 3.8) is 0 Å². The summed E-state index contributed by atoms with van der Waals surface area (Å²) < 4.78 is 0.916. The molecule has 2 rings (SSSR count). The van der Waals surface area contributed by atoms with Gasteiger partial charge in [-0.15, -0.1) is 0 Å². The van der Waals surface area contributed by atoms with Gasteiger partial charge in [0.05, 0.1) is 0 Å². The lowest BCUT2D eigenvalue weighted by Gasteiger charge is -2.07. The van der Waals surface area contributed by atoms with Crippen molar-refractivity contribution < 1.29 is 4.79 Å². The predicted octanol–water partition coefficient (Wildman–Crippen LogP) is 5.27. The zero-order valence-electron chi connectivity index (χ0n) is 11.9. The molecule has 0 bridgehead atoms. The summed E-state index contributed by atoms with van der Waals surface area (Å²) in [4.78, 5) is 12.2. The second-order valence-electron chi connectivity index (χ2n) is 5.02. The molecular weight excluding hydrogens is 312 g/mol. The fraction of sp³-hybridized carbons (Fsp3) is 0.167. The van der Waals surface area contributed by atoms with Crippen LogP contribution in [0.25, 0.3) is 6.08 Å². The van der Waals surface area contributed by atoms with E-state index in [2.05, 4.69) is 48.8 Å². The first kappa shape index (κ1) is 14.7. The van der Waals surface area contributed by atoms with Gasteiger partial charge in [0.1, 0.15) is 0 Å². The Balaban J connectivity index is 2.28. The fourth-order valence-electron chi connectivity index (χ4n) is 2.35. The number of carbonyl (C=O) groups excluding carboxylic acids is 1. The minimum atomic E-state index is 0.0191. The topological polar surface area (TPSA) is 17.1 Å². The number of allylic oxidation sites excluding steroid dienone is 1. The Morgan fingerprint density at radius 3 is 2.30 bits per heavy atom. The van der Waals surface area contributed by atoms with Gasteiger partial charge in [0.2, 0.25) is 0 Å². The number of ketones is 1. The molecule has 0 radical (unpaired) electrons. The van der Waals surface area contributed by atoms with Crippen LogP contribution in [-0.4, -0.2) is 5.78 Å². The van der Waals surface area contributed by atoms with Gasteiger partial charge in [0.15, 0.2) is 5.78 Å². The van der Waals surface area contributed by atoms with Gasteiger partial charge < -0.3 is 0 Å². The van der Waals surface area contributed by atoms with Gasteiger partial charge in [-0.1, -0.05) is 51.8 Å². The molecule has 0 unspecified atom stereocenters. The number of hydrogen-bond donors (Lipinski definition) is 0. The van der Waals surface area contributed by atoms with E-state index in [0.717, 1.165) is 10.0 Å². The highest BCUT2D eigenvalue weighted by molar-refractivity contribution is 9.10. The number of benzene rings is 2. The van der Waals surface area contributed by atoms with Crippen molar-refractivity contribution in [2.24, 2.45) is 0 Å². The summed E-state index contributed by atoms with van der Waals surface area (Å²) in [6, 6.07) is 11.7. The number of hydrogen-bond acceptors (Lipinski definition) is 1. The van der Waals surface area contributed by atoms with Crippen molar-refractivity contribution in [1.29, 1.82) is 0 Å². The molecule has 0 amide bonds. The first-order valence-corrected chi connectivity index (χ1v) is 7.32. The minimum Gasteiger partial charge on any atom is -0.289 e. The van der Waals surface area contributed by atoms with E-state index < -0.39 is 0 Å². The summed E-state index contributed by atoms with van der Waals surface area (Å²) in [7, 11) is 0. The second-order valence-corrected chi connectivity index (χ2v) is 5.94.